The molecule has 0 N–H and O–H groups in total. The largest absolute Gasteiger partial charge is 0.328 e. The van der Waals surface area contributed by atoms with Gasteiger partial charge in [0.1, 0.15) is 6.33 Å². The number of imidazole rings is 1. The predicted molar refractivity (Wildman–Crippen MR) is 126 cm³/mol. The van der Waals surface area contributed by atoms with E-state index >= 15 is 0 Å². The van der Waals surface area contributed by atoms with E-state index in [4.69, 9.17) is 0 Å². The maximum atomic E-state index is 13.1. The Kier molecular flexibility index (Phi) is 6.63. The van der Waals surface area contributed by atoms with Gasteiger partial charge in [-0.1, -0.05) is 69.7 Å². The molecule has 7 heteroatoms. The van der Waals surface area contributed by atoms with Crippen molar-refractivity contribution in [3.63, 3.8) is 0 Å². The van der Waals surface area contributed by atoms with Crippen LogP contribution in [0.3, 0.4) is 0 Å². The normalized spacial score (nSPS) is 11.4. The number of rotatable bonds is 9. The van der Waals surface area contributed by atoms with Gasteiger partial charge in [-0.05, 0) is 46.4 Å². The molecule has 32 heavy (non-hydrogen) atoms. The third kappa shape index (κ3) is 4.72. The molecule has 2 aromatic carbocycles. The fraction of sp³-hybridized carbons (Fsp3) is 0.360. The summed E-state index contributed by atoms with van der Waals surface area (Å²) in [7, 11) is 0. The molecule has 0 saturated carbocycles. The fourth-order valence-electron chi connectivity index (χ4n) is 3.98. The molecule has 0 aliphatic carbocycles. The molecule has 2 aromatic heterocycles. The smallest absolute Gasteiger partial charge is 0.299 e. The Bertz CT molecular complexity index is 1200. The second-order valence-electron chi connectivity index (χ2n) is 8.60. The minimum absolute atomic E-state index is 0.0854. The van der Waals surface area contributed by atoms with Gasteiger partial charge in [-0.25, -0.2) is 4.79 Å². The highest BCUT2D eigenvalue weighted by atomic mass is 16.1. The van der Waals surface area contributed by atoms with Gasteiger partial charge in [-0.15, -0.1) is 5.10 Å². The van der Waals surface area contributed by atoms with Crippen LogP contribution in [-0.4, -0.2) is 29.3 Å². The van der Waals surface area contributed by atoms with Gasteiger partial charge in [0.05, 0.1) is 12.2 Å². The highest BCUT2D eigenvalue weighted by molar-refractivity contribution is 5.72. The van der Waals surface area contributed by atoms with Crippen molar-refractivity contribution < 1.29 is 0 Å². The minimum Gasteiger partial charge on any atom is -0.299 e. The van der Waals surface area contributed by atoms with Gasteiger partial charge in [-0.3, -0.25) is 9.13 Å². The van der Waals surface area contributed by atoms with E-state index in [2.05, 4.69) is 72.8 Å². The van der Waals surface area contributed by atoms with Gasteiger partial charge in [0.2, 0.25) is 0 Å². The number of tetrazole rings is 1. The molecule has 0 spiro atoms. The minimum atomic E-state index is 0.0854. The van der Waals surface area contributed by atoms with E-state index in [1.54, 1.807) is 11.0 Å². The van der Waals surface area contributed by atoms with Crippen LogP contribution < -0.4 is 5.69 Å². The number of para-hydroxylation sites is 1. The highest BCUT2D eigenvalue weighted by Gasteiger charge is 2.14. The van der Waals surface area contributed by atoms with Crippen molar-refractivity contribution in [2.45, 2.75) is 53.1 Å². The Morgan fingerprint density at radius 3 is 2.50 bits per heavy atom. The molecule has 0 amide bonds. The lowest BCUT2D eigenvalue weighted by atomic mass is 10.0. The van der Waals surface area contributed by atoms with Crippen molar-refractivity contribution in [2.24, 2.45) is 5.92 Å². The summed E-state index contributed by atoms with van der Waals surface area (Å²) in [4.78, 5) is 13.1. The van der Waals surface area contributed by atoms with Crippen molar-refractivity contribution in [3.05, 3.63) is 82.8 Å². The molecular formula is C25H30N6O. The van der Waals surface area contributed by atoms with Crippen LogP contribution in [0.4, 0.5) is 0 Å². The summed E-state index contributed by atoms with van der Waals surface area (Å²) in [6.45, 7) is 7.88. The van der Waals surface area contributed by atoms with E-state index in [0.29, 0.717) is 12.5 Å². The topological polar surface area (TPSA) is 70.5 Å². The Hall–Kier alpha value is -3.48. The van der Waals surface area contributed by atoms with Crippen LogP contribution in [0.25, 0.3) is 16.8 Å². The maximum Gasteiger partial charge on any atom is 0.328 e. The molecule has 0 aliphatic heterocycles. The number of benzene rings is 2. The Morgan fingerprint density at radius 2 is 1.81 bits per heavy atom. The zero-order valence-corrected chi connectivity index (χ0v) is 19.0. The second kappa shape index (κ2) is 9.77. The molecule has 0 radical (unpaired) electrons. The number of hydrogen-bond acceptors (Lipinski definition) is 4. The summed E-state index contributed by atoms with van der Waals surface area (Å²) in [5.41, 5.74) is 5.35. The lowest BCUT2D eigenvalue weighted by Gasteiger charge is -2.11. The van der Waals surface area contributed by atoms with Gasteiger partial charge in [0.15, 0.2) is 0 Å². The zero-order chi connectivity index (χ0) is 22.5. The number of aromatic nitrogens is 6. The van der Waals surface area contributed by atoms with Crippen molar-refractivity contribution in [1.82, 2.24) is 29.3 Å². The Labute approximate surface area is 188 Å². The van der Waals surface area contributed by atoms with Crippen molar-refractivity contribution >= 4 is 0 Å². The Morgan fingerprint density at radius 1 is 1.03 bits per heavy atom. The number of nitrogens with zero attached hydrogens (tertiary/aromatic N) is 6. The summed E-state index contributed by atoms with van der Waals surface area (Å²) in [6.07, 6.45) is 6.63. The SMILES string of the molecule is CCCCn1cc(CC(C)C)n(Cc2ccc(-c3ccccc3-n3cnnn3)cc2)c1=O. The van der Waals surface area contributed by atoms with Gasteiger partial charge < -0.3 is 0 Å². The molecule has 0 saturated heterocycles. The molecule has 166 valence electrons. The average molecular weight is 431 g/mol. The van der Waals surface area contributed by atoms with Crippen LogP contribution in [0.5, 0.6) is 0 Å². The van der Waals surface area contributed by atoms with Crippen LogP contribution in [0.15, 0.2) is 65.8 Å². The second-order valence-corrected chi connectivity index (χ2v) is 8.60. The third-order valence-electron chi connectivity index (χ3n) is 5.60. The lowest BCUT2D eigenvalue weighted by Crippen LogP contribution is -2.26. The van der Waals surface area contributed by atoms with Gasteiger partial charge in [0, 0.05) is 24.0 Å². The van der Waals surface area contributed by atoms with Crippen molar-refractivity contribution in [1.29, 1.82) is 0 Å². The summed E-state index contributed by atoms with van der Waals surface area (Å²) in [6, 6.07) is 16.4. The first kappa shape index (κ1) is 21.7. The standard InChI is InChI=1S/C25H30N6O/c1-4-5-14-29-17-22(15-19(2)3)30(25(29)32)16-20-10-12-21(13-11-20)23-8-6-7-9-24(23)31-18-26-27-28-31/h6-13,17-19H,4-5,14-16H2,1-3H3. The summed E-state index contributed by atoms with van der Waals surface area (Å²) in [5, 5.41) is 11.5. The van der Waals surface area contributed by atoms with Crippen LogP contribution in [0.1, 0.15) is 44.9 Å². The van der Waals surface area contributed by atoms with Crippen LogP contribution in [0, 0.1) is 5.92 Å². The van der Waals surface area contributed by atoms with E-state index in [1.165, 1.54) is 0 Å². The molecule has 0 aliphatic rings. The zero-order valence-electron chi connectivity index (χ0n) is 19.0. The first-order valence-electron chi connectivity index (χ1n) is 11.3. The lowest BCUT2D eigenvalue weighted by molar-refractivity contribution is 0.582. The molecule has 0 atom stereocenters. The number of aryl methyl sites for hydroxylation is 1. The van der Waals surface area contributed by atoms with Gasteiger partial charge in [0.25, 0.3) is 0 Å². The molecular weight excluding hydrogens is 400 g/mol. The molecule has 7 nitrogen and oxygen atoms in total. The fourth-order valence-corrected chi connectivity index (χ4v) is 3.98. The van der Waals surface area contributed by atoms with Crippen LogP contribution in [0.2, 0.25) is 0 Å². The van der Waals surface area contributed by atoms with E-state index in [0.717, 1.165) is 53.9 Å². The van der Waals surface area contributed by atoms with Gasteiger partial charge in [-0.2, -0.15) is 4.68 Å². The van der Waals surface area contributed by atoms with Crippen molar-refractivity contribution in [3.8, 4) is 16.8 Å². The van der Waals surface area contributed by atoms with E-state index in [1.807, 2.05) is 27.3 Å². The number of hydrogen-bond donors (Lipinski definition) is 0. The van der Waals surface area contributed by atoms with Crippen LogP contribution >= 0.6 is 0 Å². The molecule has 2 heterocycles. The monoisotopic (exact) mass is 430 g/mol. The Balaban J connectivity index is 1.62. The quantitative estimate of drug-likeness (QED) is 0.396. The first-order chi connectivity index (χ1) is 15.6. The van der Waals surface area contributed by atoms with E-state index in [9.17, 15) is 4.79 Å². The van der Waals surface area contributed by atoms with E-state index < -0.39 is 0 Å². The van der Waals surface area contributed by atoms with Crippen molar-refractivity contribution in [2.75, 3.05) is 0 Å². The maximum absolute atomic E-state index is 13.1. The van der Waals surface area contributed by atoms with Crippen LogP contribution in [-0.2, 0) is 19.5 Å². The average Bonchev–Trinajstić information content (AvgIpc) is 3.43. The summed E-state index contributed by atoms with van der Waals surface area (Å²) in [5.74, 6) is 0.493. The first-order valence-corrected chi connectivity index (χ1v) is 11.3. The summed E-state index contributed by atoms with van der Waals surface area (Å²) < 4.78 is 5.47. The molecule has 4 rings (SSSR count). The molecule has 4 aromatic rings. The van der Waals surface area contributed by atoms with Gasteiger partial charge >= 0.3 is 5.69 Å². The third-order valence-corrected chi connectivity index (χ3v) is 5.60. The predicted octanol–water partition coefficient (Wildman–Crippen LogP) is 4.34. The summed E-state index contributed by atoms with van der Waals surface area (Å²) >= 11 is 0. The van der Waals surface area contributed by atoms with E-state index in [-0.39, 0.29) is 5.69 Å². The molecule has 0 fully saturated rings. The molecule has 0 unspecified atom stereocenters. The molecule has 0 bridgehead atoms. The number of unbranched alkanes of at least 4 members (excludes halogenated alkanes) is 1. The highest BCUT2D eigenvalue weighted by Crippen LogP contribution is 2.26.